The summed E-state index contributed by atoms with van der Waals surface area (Å²) in [5.74, 6) is 0.419. The van der Waals surface area contributed by atoms with Crippen LogP contribution in [0.25, 0.3) is 0 Å². The van der Waals surface area contributed by atoms with Gasteiger partial charge in [-0.25, -0.2) is 0 Å². The van der Waals surface area contributed by atoms with Crippen molar-refractivity contribution in [2.75, 3.05) is 0 Å². The minimum Gasteiger partial charge on any atom is -0.319 e. The van der Waals surface area contributed by atoms with Gasteiger partial charge in [-0.3, -0.25) is 4.79 Å². The van der Waals surface area contributed by atoms with Crippen LogP contribution in [-0.2, 0) is 4.79 Å². The smallest absolute Gasteiger partial charge is 0.158 e. The first kappa shape index (κ1) is 18.0. The SMILES string of the molecule is CC.CC[C@H](C)[C@](C)(N)C(=O)C(C)(C)CC.[HH]. The second-order valence-electron chi connectivity index (χ2n) is 5.16. The van der Waals surface area contributed by atoms with E-state index in [0.29, 0.717) is 0 Å². The number of hydrogen-bond donors (Lipinski definition) is 1. The zero-order valence-corrected chi connectivity index (χ0v) is 12.5. The Balaban J connectivity index is -0.000000616. The van der Waals surface area contributed by atoms with E-state index in [1.165, 1.54) is 0 Å². The minimum atomic E-state index is -0.686. The van der Waals surface area contributed by atoms with Gasteiger partial charge < -0.3 is 5.73 Å². The maximum atomic E-state index is 12.2. The molecule has 0 aromatic carbocycles. The third-order valence-electron chi connectivity index (χ3n) is 3.62. The predicted octanol–water partition coefficient (Wildman–Crippen LogP) is 4.03. The quantitative estimate of drug-likeness (QED) is 0.776. The lowest BCUT2D eigenvalue weighted by Crippen LogP contribution is -2.55. The Kier molecular flexibility index (Phi) is 7.94. The first-order chi connectivity index (χ1) is 7.20. The fourth-order valence-corrected chi connectivity index (χ4v) is 1.54. The van der Waals surface area contributed by atoms with Crippen molar-refractivity contribution in [1.82, 2.24) is 0 Å². The largest absolute Gasteiger partial charge is 0.319 e. The molecule has 0 rings (SSSR count). The highest BCUT2D eigenvalue weighted by atomic mass is 16.1. The van der Waals surface area contributed by atoms with Crippen LogP contribution in [0.5, 0.6) is 0 Å². The Morgan fingerprint density at radius 3 is 1.88 bits per heavy atom. The molecule has 16 heavy (non-hydrogen) atoms. The lowest BCUT2D eigenvalue weighted by atomic mass is 9.71. The Hall–Kier alpha value is -0.370. The molecule has 0 aromatic heterocycles. The second kappa shape index (κ2) is 7.05. The first-order valence-electron chi connectivity index (χ1n) is 6.53. The van der Waals surface area contributed by atoms with Crippen LogP contribution in [0.4, 0.5) is 0 Å². The number of nitrogens with two attached hydrogens (primary N) is 1. The summed E-state index contributed by atoms with van der Waals surface area (Å²) in [6.07, 6.45) is 1.79. The molecule has 0 amide bonds. The predicted molar refractivity (Wildman–Crippen MR) is 74.6 cm³/mol. The van der Waals surface area contributed by atoms with Crippen molar-refractivity contribution in [3.63, 3.8) is 0 Å². The van der Waals surface area contributed by atoms with Crippen LogP contribution in [-0.4, -0.2) is 11.3 Å². The van der Waals surface area contributed by atoms with Gasteiger partial charge in [-0.05, 0) is 19.3 Å². The molecule has 0 saturated carbocycles. The summed E-state index contributed by atoms with van der Waals surface area (Å²) in [4.78, 5) is 12.2. The van der Waals surface area contributed by atoms with Gasteiger partial charge in [0.1, 0.15) is 0 Å². The van der Waals surface area contributed by atoms with Crippen molar-refractivity contribution >= 4 is 5.78 Å². The zero-order valence-electron chi connectivity index (χ0n) is 12.5. The summed E-state index contributed by atoms with van der Waals surface area (Å²) >= 11 is 0. The van der Waals surface area contributed by atoms with E-state index in [1.54, 1.807) is 0 Å². The van der Waals surface area contributed by atoms with Crippen LogP contribution < -0.4 is 5.73 Å². The molecule has 0 spiro atoms. The average molecular weight is 231 g/mol. The van der Waals surface area contributed by atoms with Gasteiger partial charge in [0.25, 0.3) is 0 Å². The fourth-order valence-electron chi connectivity index (χ4n) is 1.54. The van der Waals surface area contributed by atoms with E-state index in [4.69, 9.17) is 5.73 Å². The number of carbonyl (C=O) groups excluding carboxylic acids is 1. The Bertz CT molecular complexity index is 212. The Morgan fingerprint density at radius 1 is 1.25 bits per heavy atom. The summed E-state index contributed by atoms with van der Waals surface area (Å²) in [7, 11) is 0. The molecule has 100 valence electrons. The summed E-state index contributed by atoms with van der Waals surface area (Å²) in [5.41, 5.74) is 5.14. The van der Waals surface area contributed by atoms with E-state index in [2.05, 4.69) is 6.92 Å². The molecule has 0 aliphatic rings. The van der Waals surface area contributed by atoms with Crippen LogP contribution in [0, 0.1) is 11.3 Å². The number of ketones is 1. The fraction of sp³-hybridized carbons (Fsp3) is 0.929. The van der Waals surface area contributed by atoms with Gasteiger partial charge >= 0.3 is 0 Å². The van der Waals surface area contributed by atoms with Gasteiger partial charge in [0.15, 0.2) is 5.78 Å². The van der Waals surface area contributed by atoms with Crippen LogP contribution in [0.3, 0.4) is 0 Å². The Labute approximate surface area is 103 Å². The van der Waals surface area contributed by atoms with E-state index >= 15 is 0 Å². The molecule has 0 aliphatic carbocycles. The number of carbonyl (C=O) groups is 1. The van der Waals surface area contributed by atoms with Gasteiger partial charge in [0.2, 0.25) is 0 Å². The van der Waals surface area contributed by atoms with Gasteiger partial charge in [0, 0.05) is 6.84 Å². The number of rotatable bonds is 5. The molecular weight excluding hydrogens is 198 g/mol. The van der Waals surface area contributed by atoms with Gasteiger partial charge in [0.05, 0.1) is 5.54 Å². The summed E-state index contributed by atoms with van der Waals surface area (Å²) in [5, 5.41) is 0. The summed E-state index contributed by atoms with van der Waals surface area (Å²) in [6.45, 7) is 16.0. The van der Waals surface area contributed by atoms with Gasteiger partial charge in [-0.1, -0.05) is 54.9 Å². The highest BCUT2D eigenvalue weighted by Crippen LogP contribution is 2.30. The molecule has 0 bridgehead atoms. The van der Waals surface area contributed by atoms with E-state index in [9.17, 15) is 4.79 Å². The van der Waals surface area contributed by atoms with Crippen LogP contribution in [0.15, 0.2) is 0 Å². The second-order valence-corrected chi connectivity index (χ2v) is 5.16. The Morgan fingerprint density at radius 2 is 1.62 bits per heavy atom. The highest BCUT2D eigenvalue weighted by Gasteiger charge is 2.41. The lowest BCUT2D eigenvalue weighted by molar-refractivity contribution is -0.134. The highest BCUT2D eigenvalue weighted by molar-refractivity contribution is 5.92. The van der Waals surface area contributed by atoms with E-state index in [0.717, 1.165) is 12.8 Å². The van der Waals surface area contributed by atoms with E-state index < -0.39 is 5.54 Å². The van der Waals surface area contributed by atoms with Crippen molar-refractivity contribution < 1.29 is 6.22 Å². The molecule has 2 atom stereocenters. The molecule has 0 radical (unpaired) electrons. The molecule has 0 heterocycles. The van der Waals surface area contributed by atoms with E-state index in [-0.39, 0.29) is 18.5 Å². The van der Waals surface area contributed by atoms with Gasteiger partial charge in [-0.2, -0.15) is 0 Å². The molecule has 2 heteroatoms. The summed E-state index contributed by atoms with van der Waals surface area (Å²) in [6, 6.07) is 0. The molecule has 2 N–H and O–H groups in total. The first-order valence-corrected chi connectivity index (χ1v) is 6.53. The number of Topliss-reactive ketones (excluding diaryl/α,β-unsaturated/α-hetero) is 1. The van der Waals surface area contributed by atoms with Crippen molar-refractivity contribution in [1.29, 1.82) is 0 Å². The van der Waals surface area contributed by atoms with Crippen molar-refractivity contribution in [3.8, 4) is 0 Å². The molecule has 0 unspecified atom stereocenters. The normalized spacial score (nSPS) is 16.8. The van der Waals surface area contributed by atoms with Crippen molar-refractivity contribution in [3.05, 3.63) is 0 Å². The molecule has 0 fully saturated rings. The topological polar surface area (TPSA) is 43.1 Å². The molecular formula is C14H33NO. The third-order valence-corrected chi connectivity index (χ3v) is 3.62. The van der Waals surface area contributed by atoms with Crippen molar-refractivity contribution in [2.24, 2.45) is 17.1 Å². The zero-order chi connectivity index (χ0) is 13.6. The molecule has 0 aromatic rings. The third kappa shape index (κ3) is 4.25. The van der Waals surface area contributed by atoms with Crippen LogP contribution in [0.1, 0.15) is 69.7 Å². The molecule has 0 aliphatic heterocycles. The average Bonchev–Trinajstić information content (AvgIpc) is 2.29. The lowest BCUT2D eigenvalue weighted by Gasteiger charge is -2.36. The minimum absolute atomic E-state index is 0. The summed E-state index contributed by atoms with van der Waals surface area (Å²) < 4.78 is 0. The molecule has 2 nitrogen and oxygen atoms in total. The van der Waals surface area contributed by atoms with Gasteiger partial charge in [-0.15, -0.1) is 0 Å². The van der Waals surface area contributed by atoms with Crippen LogP contribution >= 0.6 is 0 Å². The monoisotopic (exact) mass is 231 g/mol. The van der Waals surface area contributed by atoms with Crippen molar-refractivity contribution in [2.45, 2.75) is 73.8 Å². The standard InChI is InChI=1S/C12H25NO.C2H6.H2/c1-7-9(3)12(6,13)10(14)11(4,5)8-2;1-2;/h9H,7-8,13H2,1-6H3;1-2H3;1H/t9-,12-;;/m0../s1. The number of hydrogen-bond acceptors (Lipinski definition) is 2. The molecule has 0 saturated heterocycles. The maximum Gasteiger partial charge on any atom is 0.158 e. The van der Waals surface area contributed by atoms with E-state index in [1.807, 2.05) is 48.5 Å². The maximum absolute atomic E-state index is 12.2. The van der Waals surface area contributed by atoms with Crippen LogP contribution in [0.2, 0.25) is 0 Å².